The number of hydrogen-bond acceptors (Lipinski definition) is 4. The summed E-state index contributed by atoms with van der Waals surface area (Å²) < 4.78 is 32.5. The van der Waals surface area contributed by atoms with E-state index < -0.39 is 15.9 Å². The van der Waals surface area contributed by atoms with Crippen molar-refractivity contribution in [3.63, 3.8) is 0 Å². The highest BCUT2D eigenvalue weighted by Gasteiger charge is 2.24. The third kappa shape index (κ3) is 5.25. The van der Waals surface area contributed by atoms with E-state index in [9.17, 15) is 13.2 Å². The Morgan fingerprint density at radius 3 is 2.23 bits per heavy atom. The van der Waals surface area contributed by atoms with Crippen LogP contribution in [0.4, 0.5) is 5.69 Å². The lowest BCUT2D eigenvalue weighted by Gasteiger charge is -2.18. The molecule has 0 atom stereocenters. The van der Waals surface area contributed by atoms with Gasteiger partial charge in [-0.2, -0.15) is 4.31 Å². The number of nitrogens with one attached hydrogen (secondary N) is 1. The van der Waals surface area contributed by atoms with Crippen LogP contribution in [-0.2, 0) is 14.8 Å². The van der Waals surface area contributed by atoms with Crippen molar-refractivity contribution < 1.29 is 17.9 Å². The molecule has 7 heteroatoms. The van der Waals surface area contributed by atoms with E-state index in [2.05, 4.69) is 5.32 Å². The van der Waals surface area contributed by atoms with E-state index in [1.807, 2.05) is 43.3 Å². The molecular weight excluding hydrogens is 400 g/mol. The van der Waals surface area contributed by atoms with Crippen molar-refractivity contribution in [2.45, 2.75) is 18.7 Å². The number of hydrogen-bond donors (Lipinski definition) is 1. The number of likely N-dealkylation sites (N-methyl/N-ethyl adjacent to an activating group) is 1. The summed E-state index contributed by atoms with van der Waals surface area (Å²) in [5.74, 6) is 0.921. The predicted octanol–water partition coefficient (Wildman–Crippen LogP) is 4.35. The van der Waals surface area contributed by atoms with E-state index in [4.69, 9.17) is 4.74 Å². The number of ether oxygens (including phenoxy) is 1. The number of carbonyl (C=O) groups excluding carboxylic acids is 1. The molecular formula is C23H24N2O4S. The van der Waals surface area contributed by atoms with Gasteiger partial charge in [-0.25, -0.2) is 8.42 Å². The Balaban J connectivity index is 1.62. The van der Waals surface area contributed by atoms with Crippen molar-refractivity contribution in [1.82, 2.24) is 4.31 Å². The van der Waals surface area contributed by atoms with Gasteiger partial charge in [0, 0.05) is 12.7 Å². The van der Waals surface area contributed by atoms with Gasteiger partial charge in [-0.1, -0.05) is 30.3 Å². The number of nitrogens with zero attached hydrogens (tertiary/aromatic N) is 1. The van der Waals surface area contributed by atoms with Gasteiger partial charge in [0.15, 0.2) is 0 Å². The molecule has 3 aromatic carbocycles. The van der Waals surface area contributed by atoms with Gasteiger partial charge in [0.1, 0.15) is 11.5 Å². The summed E-state index contributed by atoms with van der Waals surface area (Å²) in [5.41, 5.74) is 2.04. The molecule has 3 aromatic rings. The Hall–Kier alpha value is -3.16. The van der Waals surface area contributed by atoms with Crippen LogP contribution in [0.2, 0.25) is 0 Å². The van der Waals surface area contributed by atoms with Crippen molar-refractivity contribution in [3.8, 4) is 11.5 Å². The number of carbonyl (C=O) groups is 1. The first-order valence-electron chi connectivity index (χ1n) is 9.42. The molecule has 0 heterocycles. The maximum atomic E-state index is 12.8. The highest BCUT2D eigenvalue weighted by Crippen LogP contribution is 2.23. The van der Waals surface area contributed by atoms with E-state index in [0.29, 0.717) is 22.7 Å². The Labute approximate surface area is 177 Å². The largest absolute Gasteiger partial charge is 0.457 e. The molecule has 0 fully saturated rings. The smallest absolute Gasteiger partial charge is 0.243 e. The lowest BCUT2D eigenvalue weighted by atomic mass is 10.2. The summed E-state index contributed by atoms with van der Waals surface area (Å²) in [6, 6.07) is 21.5. The highest BCUT2D eigenvalue weighted by atomic mass is 32.2. The molecule has 1 N–H and O–H groups in total. The standard InChI is InChI=1S/C23H24N2O4S/c1-17-9-10-18(2)22(15-17)30(27,28)25(3)16-23(26)24-19-11-13-21(14-12-19)29-20-7-5-4-6-8-20/h4-15H,16H2,1-3H3,(H,24,26). The molecule has 0 aromatic heterocycles. The van der Waals surface area contributed by atoms with E-state index in [1.165, 1.54) is 7.05 Å². The van der Waals surface area contributed by atoms with Gasteiger partial charge in [-0.15, -0.1) is 0 Å². The first kappa shape index (κ1) is 21.5. The molecule has 0 aliphatic heterocycles. The lowest BCUT2D eigenvalue weighted by Crippen LogP contribution is -2.35. The van der Waals surface area contributed by atoms with E-state index in [0.717, 1.165) is 9.87 Å². The van der Waals surface area contributed by atoms with Crippen LogP contribution in [0, 0.1) is 13.8 Å². The summed E-state index contributed by atoms with van der Waals surface area (Å²) >= 11 is 0. The summed E-state index contributed by atoms with van der Waals surface area (Å²) in [4.78, 5) is 12.6. The van der Waals surface area contributed by atoms with Gasteiger partial charge in [-0.3, -0.25) is 4.79 Å². The molecule has 0 saturated heterocycles. The zero-order valence-corrected chi connectivity index (χ0v) is 17.9. The minimum Gasteiger partial charge on any atom is -0.457 e. The molecule has 30 heavy (non-hydrogen) atoms. The van der Waals surface area contributed by atoms with Gasteiger partial charge < -0.3 is 10.1 Å². The average molecular weight is 425 g/mol. The summed E-state index contributed by atoms with van der Waals surface area (Å²) in [6.45, 7) is 3.27. The number of para-hydroxylation sites is 1. The van der Waals surface area contributed by atoms with Crippen LogP contribution in [0.5, 0.6) is 11.5 Å². The van der Waals surface area contributed by atoms with Gasteiger partial charge in [0.05, 0.1) is 11.4 Å². The normalized spacial score (nSPS) is 11.3. The van der Waals surface area contributed by atoms with Crippen LogP contribution >= 0.6 is 0 Å². The second-order valence-electron chi connectivity index (χ2n) is 7.02. The van der Waals surface area contributed by atoms with Crippen LogP contribution in [-0.4, -0.2) is 32.2 Å². The molecule has 0 aliphatic rings. The molecule has 0 radical (unpaired) electrons. The molecule has 0 aliphatic carbocycles. The number of amides is 1. The number of anilines is 1. The molecule has 1 amide bonds. The molecule has 0 spiro atoms. The number of sulfonamides is 1. The molecule has 0 unspecified atom stereocenters. The third-order valence-corrected chi connectivity index (χ3v) is 6.46. The van der Waals surface area contributed by atoms with Crippen molar-refractivity contribution >= 4 is 21.6 Å². The van der Waals surface area contributed by atoms with Gasteiger partial charge in [0.2, 0.25) is 15.9 Å². The Kier molecular flexibility index (Phi) is 6.54. The Morgan fingerprint density at radius 2 is 1.57 bits per heavy atom. The van der Waals surface area contributed by atoms with Crippen molar-refractivity contribution in [3.05, 3.63) is 83.9 Å². The maximum Gasteiger partial charge on any atom is 0.243 e. The van der Waals surface area contributed by atoms with Gasteiger partial charge >= 0.3 is 0 Å². The lowest BCUT2D eigenvalue weighted by molar-refractivity contribution is -0.116. The van der Waals surface area contributed by atoms with Crippen LogP contribution < -0.4 is 10.1 Å². The van der Waals surface area contributed by atoms with Crippen LogP contribution in [0.3, 0.4) is 0 Å². The molecule has 0 bridgehead atoms. The summed E-state index contributed by atoms with van der Waals surface area (Å²) in [7, 11) is -2.37. The second kappa shape index (κ2) is 9.11. The topological polar surface area (TPSA) is 75.7 Å². The van der Waals surface area contributed by atoms with Crippen molar-refractivity contribution in [2.75, 3.05) is 18.9 Å². The van der Waals surface area contributed by atoms with E-state index >= 15 is 0 Å². The number of aryl methyl sites for hydroxylation is 2. The van der Waals surface area contributed by atoms with Gasteiger partial charge in [0.25, 0.3) is 0 Å². The fraction of sp³-hybridized carbons (Fsp3) is 0.174. The predicted molar refractivity (Wildman–Crippen MR) is 117 cm³/mol. The SMILES string of the molecule is Cc1ccc(C)c(S(=O)(=O)N(C)CC(=O)Nc2ccc(Oc3ccccc3)cc2)c1. The second-order valence-corrected chi connectivity index (χ2v) is 9.03. The van der Waals surface area contributed by atoms with Crippen LogP contribution in [0.15, 0.2) is 77.7 Å². The fourth-order valence-corrected chi connectivity index (χ4v) is 4.30. The van der Waals surface area contributed by atoms with Crippen molar-refractivity contribution in [1.29, 1.82) is 0 Å². The maximum absolute atomic E-state index is 12.8. The quantitative estimate of drug-likeness (QED) is 0.612. The van der Waals surface area contributed by atoms with Crippen molar-refractivity contribution in [2.24, 2.45) is 0 Å². The molecule has 156 valence electrons. The Bertz CT molecular complexity index is 1130. The fourth-order valence-electron chi connectivity index (χ4n) is 2.87. The first-order valence-corrected chi connectivity index (χ1v) is 10.9. The van der Waals surface area contributed by atoms with E-state index in [1.54, 1.807) is 43.3 Å². The van der Waals surface area contributed by atoms with Gasteiger partial charge in [-0.05, 0) is 67.4 Å². The highest BCUT2D eigenvalue weighted by molar-refractivity contribution is 7.89. The number of rotatable bonds is 7. The molecule has 6 nitrogen and oxygen atoms in total. The summed E-state index contributed by atoms with van der Waals surface area (Å²) in [5, 5.41) is 2.71. The zero-order chi connectivity index (χ0) is 21.7. The average Bonchev–Trinajstić information content (AvgIpc) is 2.72. The monoisotopic (exact) mass is 424 g/mol. The molecule has 3 rings (SSSR count). The van der Waals surface area contributed by atoms with E-state index in [-0.39, 0.29) is 11.4 Å². The molecule has 0 saturated carbocycles. The zero-order valence-electron chi connectivity index (χ0n) is 17.1. The Morgan fingerprint density at radius 1 is 0.933 bits per heavy atom. The minimum absolute atomic E-state index is 0.209. The first-order chi connectivity index (χ1) is 14.3. The summed E-state index contributed by atoms with van der Waals surface area (Å²) in [6.07, 6.45) is 0. The third-order valence-electron chi connectivity index (χ3n) is 4.52. The minimum atomic E-state index is -3.77. The van der Waals surface area contributed by atoms with Crippen LogP contribution in [0.25, 0.3) is 0 Å². The number of benzene rings is 3. The van der Waals surface area contributed by atoms with Crippen LogP contribution in [0.1, 0.15) is 11.1 Å².